The number of alkyl halides is 3. The van der Waals surface area contributed by atoms with Crippen molar-refractivity contribution in [2.24, 2.45) is 0 Å². The van der Waals surface area contributed by atoms with Crippen LogP contribution >= 0.6 is 0 Å². The van der Waals surface area contributed by atoms with E-state index >= 15 is 0 Å². The fraction of sp³-hybridized carbons (Fsp3) is 0.467. The number of halogens is 3. The lowest BCUT2D eigenvalue weighted by Gasteiger charge is -2.46. The number of hydrogen-bond donors (Lipinski definition) is 1. The number of piperazine rings is 2. The molecule has 0 amide bonds. The van der Waals surface area contributed by atoms with E-state index in [-0.39, 0.29) is 6.04 Å². The first kappa shape index (κ1) is 37.8. The van der Waals surface area contributed by atoms with E-state index in [2.05, 4.69) is 116 Å². The summed E-state index contributed by atoms with van der Waals surface area (Å²) in [6.45, 7) is 10.1. The molecule has 3 fully saturated rings. The summed E-state index contributed by atoms with van der Waals surface area (Å²) in [5.41, 5.74) is 4.29. The number of rotatable bonds is 14. The smallest absolute Gasteiger partial charge is 0.314 e. The quantitative estimate of drug-likeness (QED) is 0.150. The number of nitrogens with one attached hydrogen (secondary N) is 1. The molecule has 0 saturated carbocycles. The summed E-state index contributed by atoms with van der Waals surface area (Å²) in [6, 6.07) is 40.2. The maximum atomic E-state index is 13.5. The average Bonchev–Trinajstić information content (AvgIpc) is 3.62. The second-order valence-corrected chi connectivity index (χ2v) is 15.5. The normalized spacial score (nSPS) is 23.0. The highest BCUT2D eigenvalue weighted by atomic mass is 19.4. The maximum Gasteiger partial charge on any atom is 0.416 e. The van der Waals surface area contributed by atoms with E-state index in [9.17, 15) is 13.2 Å². The molecule has 0 spiro atoms. The van der Waals surface area contributed by atoms with Gasteiger partial charge in [-0.1, -0.05) is 109 Å². The molecule has 282 valence electrons. The lowest BCUT2D eigenvalue weighted by molar-refractivity contribution is -0.137. The lowest BCUT2D eigenvalue weighted by atomic mass is 9.97. The van der Waals surface area contributed by atoms with Crippen molar-refractivity contribution in [1.82, 2.24) is 24.9 Å². The van der Waals surface area contributed by atoms with Gasteiger partial charge in [0.05, 0.1) is 5.56 Å². The first-order chi connectivity index (χ1) is 25.9. The van der Waals surface area contributed by atoms with Gasteiger partial charge in [-0.25, -0.2) is 0 Å². The molecule has 3 aliphatic heterocycles. The van der Waals surface area contributed by atoms with Gasteiger partial charge in [0.1, 0.15) is 0 Å². The third kappa shape index (κ3) is 10.6. The molecular weight excluding hydrogens is 668 g/mol. The van der Waals surface area contributed by atoms with Crippen LogP contribution in [0.15, 0.2) is 115 Å². The van der Waals surface area contributed by atoms with Gasteiger partial charge < -0.3 is 5.32 Å². The van der Waals surface area contributed by atoms with Gasteiger partial charge in [-0.3, -0.25) is 19.6 Å². The summed E-state index contributed by atoms with van der Waals surface area (Å²) < 4.78 is 40.5. The van der Waals surface area contributed by atoms with Crippen molar-refractivity contribution in [1.29, 1.82) is 0 Å². The minimum Gasteiger partial charge on any atom is -0.314 e. The van der Waals surface area contributed by atoms with Crippen molar-refractivity contribution in [2.45, 2.75) is 68.9 Å². The predicted molar refractivity (Wildman–Crippen MR) is 209 cm³/mol. The minimum absolute atomic E-state index is 0.282. The maximum absolute atomic E-state index is 13.5. The van der Waals surface area contributed by atoms with E-state index in [1.54, 1.807) is 6.07 Å². The number of likely N-dealkylation sites (tertiary alicyclic amines) is 1. The summed E-state index contributed by atoms with van der Waals surface area (Å²) in [4.78, 5) is 10.9. The monoisotopic (exact) mass is 723 g/mol. The van der Waals surface area contributed by atoms with Crippen molar-refractivity contribution in [2.75, 3.05) is 65.4 Å². The third-order valence-corrected chi connectivity index (χ3v) is 11.9. The van der Waals surface area contributed by atoms with E-state index in [1.807, 2.05) is 6.07 Å². The molecule has 3 aliphatic rings. The SMILES string of the molecule is FC(F)(F)c1cccc(CCN2CCN([C@@H](Cc3ccccc3)CN3CCCC3CN3CCNC[C@@H]3Cc3ccccc3)C[C@@H]2Cc2ccccc2)c1. The summed E-state index contributed by atoms with van der Waals surface area (Å²) >= 11 is 0. The molecule has 0 bridgehead atoms. The Bertz CT molecular complexity index is 1670. The van der Waals surface area contributed by atoms with Gasteiger partial charge in [0, 0.05) is 83.1 Å². The van der Waals surface area contributed by atoms with Gasteiger partial charge in [0.2, 0.25) is 0 Å². The summed E-state index contributed by atoms with van der Waals surface area (Å²) in [7, 11) is 0. The minimum atomic E-state index is -4.32. The van der Waals surface area contributed by atoms with Crippen LogP contribution in [0, 0.1) is 0 Å². The fourth-order valence-electron chi connectivity index (χ4n) is 9.01. The molecule has 1 N–H and O–H groups in total. The largest absolute Gasteiger partial charge is 0.416 e. The average molecular weight is 724 g/mol. The van der Waals surface area contributed by atoms with Crippen LogP contribution in [0.5, 0.6) is 0 Å². The van der Waals surface area contributed by atoms with Gasteiger partial charge in [-0.15, -0.1) is 0 Å². The Morgan fingerprint density at radius 3 is 2.00 bits per heavy atom. The Morgan fingerprint density at radius 2 is 1.30 bits per heavy atom. The zero-order valence-corrected chi connectivity index (χ0v) is 31.0. The highest BCUT2D eigenvalue weighted by Gasteiger charge is 2.36. The van der Waals surface area contributed by atoms with Crippen LogP contribution in [-0.2, 0) is 31.9 Å². The molecule has 1 unspecified atom stereocenters. The molecule has 7 rings (SSSR count). The second-order valence-electron chi connectivity index (χ2n) is 15.5. The summed E-state index contributed by atoms with van der Waals surface area (Å²) in [5, 5.41) is 3.66. The molecule has 3 saturated heterocycles. The van der Waals surface area contributed by atoms with E-state index in [1.165, 1.54) is 41.7 Å². The third-order valence-electron chi connectivity index (χ3n) is 11.9. The summed E-state index contributed by atoms with van der Waals surface area (Å²) in [6.07, 6.45) is 1.80. The van der Waals surface area contributed by atoms with Gasteiger partial charge in [-0.05, 0) is 73.4 Å². The second kappa shape index (κ2) is 18.2. The van der Waals surface area contributed by atoms with Gasteiger partial charge in [0.15, 0.2) is 0 Å². The van der Waals surface area contributed by atoms with E-state index < -0.39 is 11.7 Å². The Hall–Kier alpha value is -3.53. The van der Waals surface area contributed by atoms with Gasteiger partial charge >= 0.3 is 6.18 Å². The van der Waals surface area contributed by atoms with Crippen LogP contribution in [-0.4, -0.2) is 109 Å². The van der Waals surface area contributed by atoms with Crippen LogP contribution < -0.4 is 5.32 Å². The summed E-state index contributed by atoms with van der Waals surface area (Å²) in [5.74, 6) is 0. The van der Waals surface area contributed by atoms with Crippen LogP contribution in [0.1, 0.15) is 40.7 Å². The standard InChI is InChI=1S/C45H56F3N5/c46-45(47,48)40-19-10-18-39(28-40)21-24-50-26-27-53(34-43(50)30-37-14-6-2-7-15-37)44(31-38-16-8-3-9-17-38)35-51-23-11-20-41(51)33-52-25-22-49-32-42(52)29-36-12-4-1-5-13-36/h1-10,12-19,28,41-44,49H,11,20-27,29-35H2/t41?,42-,43-,44-/m0/s1. The molecule has 0 aliphatic carbocycles. The first-order valence-corrected chi connectivity index (χ1v) is 19.8. The van der Waals surface area contributed by atoms with Crippen molar-refractivity contribution < 1.29 is 13.2 Å². The molecule has 0 radical (unpaired) electrons. The van der Waals surface area contributed by atoms with Crippen LogP contribution in [0.2, 0.25) is 0 Å². The molecule has 4 aromatic carbocycles. The molecule has 5 nitrogen and oxygen atoms in total. The Labute approximate surface area is 314 Å². The van der Waals surface area contributed by atoms with E-state index in [0.29, 0.717) is 24.5 Å². The highest BCUT2D eigenvalue weighted by molar-refractivity contribution is 5.26. The molecule has 53 heavy (non-hydrogen) atoms. The van der Waals surface area contributed by atoms with Crippen LogP contribution in [0.4, 0.5) is 13.2 Å². The number of hydrogen-bond acceptors (Lipinski definition) is 5. The molecule has 4 atom stereocenters. The first-order valence-electron chi connectivity index (χ1n) is 19.8. The van der Waals surface area contributed by atoms with Crippen LogP contribution in [0.3, 0.4) is 0 Å². The zero-order valence-electron chi connectivity index (χ0n) is 31.0. The Balaban J connectivity index is 1.06. The highest BCUT2D eigenvalue weighted by Crippen LogP contribution is 2.30. The van der Waals surface area contributed by atoms with Crippen molar-refractivity contribution >= 4 is 0 Å². The number of benzene rings is 4. The molecule has 8 heteroatoms. The topological polar surface area (TPSA) is 25.0 Å². The Kier molecular flexibility index (Phi) is 13.0. The van der Waals surface area contributed by atoms with Crippen LogP contribution in [0.25, 0.3) is 0 Å². The Morgan fingerprint density at radius 1 is 0.642 bits per heavy atom. The zero-order chi connectivity index (χ0) is 36.5. The lowest BCUT2D eigenvalue weighted by Crippen LogP contribution is -2.60. The van der Waals surface area contributed by atoms with Gasteiger partial charge in [-0.2, -0.15) is 13.2 Å². The van der Waals surface area contributed by atoms with Crippen molar-refractivity contribution in [3.05, 3.63) is 143 Å². The molecular formula is C45H56F3N5. The molecule has 3 heterocycles. The number of nitrogens with zero attached hydrogens (tertiary/aromatic N) is 4. The van der Waals surface area contributed by atoms with Gasteiger partial charge in [0.25, 0.3) is 0 Å². The molecule has 0 aromatic heterocycles. The molecule has 4 aromatic rings. The predicted octanol–water partition coefficient (Wildman–Crippen LogP) is 7.07. The van der Waals surface area contributed by atoms with E-state index in [0.717, 1.165) is 90.3 Å². The van der Waals surface area contributed by atoms with Crippen molar-refractivity contribution in [3.8, 4) is 0 Å². The fourth-order valence-corrected chi connectivity index (χ4v) is 9.01. The van der Waals surface area contributed by atoms with Crippen molar-refractivity contribution in [3.63, 3.8) is 0 Å². The van der Waals surface area contributed by atoms with E-state index in [4.69, 9.17) is 0 Å².